The maximum Gasteiger partial charge on any atom is 0.288 e. The van der Waals surface area contributed by atoms with E-state index in [9.17, 15) is 8.78 Å². The minimum atomic E-state index is -2.39. The molecule has 2 aromatic rings. The van der Waals surface area contributed by atoms with Gasteiger partial charge in [0.2, 0.25) is 0 Å². The molecule has 0 unspecified atom stereocenters. The molecule has 0 bridgehead atoms. The topological polar surface area (TPSA) is 39.2 Å². The molecule has 0 amide bonds. The summed E-state index contributed by atoms with van der Waals surface area (Å²) in [7, 11) is 0. The smallest absolute Gasteiger partial charge is 0.288 e. The molecule has 2 nitrogen and oxygen atoms in total. The van der Waals surface area contributed by atoms with Crippen LogP contribution in [0.1, 0.15) is 5.76 Å². The van der Waals surface area contributed by atoms with Crippen LogP contribution in [0.25, 0.3) is 11.1 Å². The van der Waals surface area contributed by atoms with E-state index in [-0.39, 0.29) is 0 Å². The molecule has 0 aliphatic carbocycles. The highest BCUT2D eigenvalue weighted by Gasteiger charge is 2.08. The van der Waals surface area contributed by atoms with Crippen LogP contribution < -0.4 is 5.73 Å². The van der Waals surface area contributed by atoms with E-state index < -0.39 is 5.76 Å². The molecule has 2 rings (SSSR count). The first-order valence-corrected chi connectivity index (χ1v) is 5.90. The summed E-state index contributed by atoms with van der Waals surface area (Å²) in [5, 5.41) is 0. The van der Waals surface area contributed by atoms with Crippen LogP contribution in [-0.4, -0.2) is 5.76 Å². The van der Waals surface area contributed by atoms with Crippen molar-refractivity contribution < 1.29 is 13.2 Å². The first kappa shape index (κ1) is 12.1. The molecule has 2 N–H and O–H groups in total. The van der Waals surface area contributed by atoms with Crippen LogP contribution in [0.5, 0.6) is 0 Å². The maximum atomic E-state index is 12.1. The predicted octanol–water partition coefficient (Wildman–Crippen LogP) is 3.72. The number of furan rings is 1. The van der Waals surface area contributed by atoms with Crippen LogP contribution in [0.4, 0.5) is 8.78 Å². The van der Waals surface area contributed by atoms with Crippen molar-refractivity contribution in [3.63, 3.8) is 0 Å². The highest BCUT2D eigenvalue weighted by atomic mass is 32.2. The Morgan fingerprint density at radius 1 is 1.18 bits per heavy atom. The lowest BCUT2D eigenvalue weighted by atomic mass is 10.1. The van der Waals surface area contributed by atoms with E-state index >= 15 is 0 Å². The molecule has 1 aromatic heterocycles. The summed E-state index contributed by atoms with van der Waals surface area (Å²) < 4.78 is 29.5. The van der Waals surface area contributed by atoms with E-state index in [1.54, 1.807) is 30.5 Å². The molecule has 0 aliphatic heterocycles. The minimum Gasteiger partial charge on any atom is -0.467 e. The fraction of sp³-hybridized carbons (Fsp3) is 0.167. The third kappa shape index (κ3) is 2.87. The van der Waals surface area contributed by atoms with Crippen molar-refractivity contribution in [1.82, 2.24) is 0 Å². The number of hydrogen-bond acceptors (Lipinski definition) is 3. The van der Waals surface area contributed by atoms with Gasteiger partial charge in [0.15, 0.2) is 0 Å². The second-order valence-corrected chi connectivity index (χ2v) is 4.43. The van der Waals surface area contributed by atoms with Gasteiger partial charge in [0, 0.05) is 10.5 Å². The molecule has 1 aromatic carbocycles. The Hall–Kier alpha value is -1.33. The van der Waals surface area contributed by atoms with Gasteiger partial charge in [0.1, 0.15) is 5.76 Å². The van der Waals surface area contributed by atoms with E-state index in [1.165, 1.54) is 0 Å². The Morgan fingerprint density at radius 2 is 1.88 bits per heavy atom. The van der Waals surface area contributed by atoms with Crippen molar-refractivity contribution in [3.05, 3.63) is 42.4 Å². The van der Waals surface area contributed by atoms with Crippen molar-refractivity contribution in [2.75, 3.05) is 0 Å². The molecular weight excluding hydrogens is 244 g/mol. The van der Waals surface area contributed by atoms with Crippen LogP contribution in [0.2, 0.25) is 0 Å². The summed E-state index contributed by atoms with van der Waals surface area (Å²) in [6, 6.07) is 8.72. The number of thioether (sulfide) groups is 1. The monoisotopic (exact) mass is 255 g/mol. The largest absolute Gasteiger partial charge is 0.467 e. The highest BCUT2D eigenvalue weighted by molar-refractivity contribution is 7.99. The van der Waals surface area contributed by atoms with Crippen molar-refractivity contribution >= 4 is 11.8 Å². The Kier molecular flexibility index (Phi) is 3.81. The fourth-order valence-electron chi connectivity index (χ4n) is 1.57. The molecule has 0 atom stereocenters. The number of rotatable bonds is 4. The average molecular weight is 255 g/mol. The summed E-state index contributed by atoms with van der Waals surface area (Å²) in [5.74, 6) is -1.70. The van der Waals surface area contributed by atoms with Gasteiger partial charge in [-0.3, -0.25) is 0 Å². The number of alkyl halides is 2. The Bertz CT molecular complexity index is 482. The van der Waals surface area contributed by atoms with Crippen LogP contribution >= 0.6 is 11.8 Å². The van der Waals surface area contributed by atoms with Crippen molar-refractivity contribution in [2.24, 2.45) is 5.73 Å². The summed E-state index contributed by atoms with van der Waals surface area (Å²) >= 11 is 0.533. The molecule has 90 valence electrons. The van der Waals surface area contributed by atoms with Crippen molar-refractivity contribution in [1.29, 1.82) is 0 Å². The first-order valence-electron chi connectivity index (χ1n) is 5.02. The van der Waals surface area contributed by atoms with Gasteiger partial charge in [0.25, 0.3) is 5.76 Å². The van der Waals surface area contributed by atoms with Crippen LogP contribution in [0, 0.1) is 0 Å². The van der Waals surface area contributed by atoms with Gasteiger partial charge in [-0.05, 0) is 23.8 Å². The zero-order chi connectivity index (χ0) is 12.3. The summed E-state index contributed by atoms with van der Waals surface area (Å²) in [6.45, 7) is 0.315. The quantitative estimate of drug-likeness (QED) is 0.846. The lowest BCUT2D eigenvalue weighted by molar-refractivity contribution is 0.252. The minimum absolute atomic E-state index is 0.315. The van der Waals surface area contributed by atoms with E-state index in [0.717, 1.165) is 11.1 Å². The van der Waals surface area contributed by atoms with Gasteiger partial charge in [-0.25, -0.2) is 0 Å². The number of benzene rings is 1. The summed E-state index contributed by atoms with van der Waals surface area (Å²) in [5.41, 5.74) is 7.35. The van der Waals surface area contributed by atoms with Gasteiger partial charge in [-0.15, -0.1) is 0 Å². The zero-order valence-corrected chi connectivity index (χ0v) is 9.71. The average Bonchev–Trinajstić information content (AvgIpc) is 2.77. The summed E-state index contributed by atoms with van der Waals surface area (Å²) in [6.07, 6.45) is 1.57. The fourth-order valence-corrected chi connectivity index (χ4v) is 2.07. The third-order valence-corrected chi connectivity index (χ3v) is 3.04. The van der Waals surface area contributed by atoms with Crippen LogP contribution in [0.3, 0.4) is 0 Å². The Balaban J connectivity index is 2.23. The molecule has 0 saturated heterocycles. The van der Waals surface area contributed by atoms with E-state index in [0.29, 0.717) is 29.0 Å². The molecule has 0 fully saturated rings. The molecule has 0 radical (unpaired) electrons. The predicted molar refractivity (Wildman–Crippen MR) is 63.9 cm³/mol. The van der Waals surface area contributed by atoms with Crippen LogP contribution in [-0.2, 0) is 6.54 Å². The third-order valence-electron chi connectivity index (χ3n) is 2.32. The lowest BCUT2D eigenvalue weighted by Gasteiger charge is -2.03. The number of hydrogen-bond donors (Lipinski definition) is 1. The van der Waals surface area contributed by atoms with E-state index in [1.807, 2.05) is 6.07 Å². The Labute approximate surface area is 102 Å². The lowest BCUT2D eigenvalue weighted by Crippen LogP contribution is -1.95. The van der Waals surface area contributed by atoms with Gasteiger partial charge in [-0.1, -0.05) is 23.9 Å². The molecule has 5 heteroatoms. The SMILES string of the molecule is NCc1occc1-c1ccc(SC(F)F)cc1. The standard InChI is InChI=1S/C12H11F2NOS/c13-12(14)17-9-3-1-8(2-4-9)10-5-6-16-11(10)7-15/h1-6,12H,7,15H2. The van der Waals surface area contributed by atoms with Crippen molar-refractivity contribution in [3.8, 4) is 11.1 Å². The van der Waals surface area contributed by atoms with Gasteiger partial charge in [0.05, 0.1) is 12.8 Å². The van der Waals surface area contributed by atoms with Crippen LogP contribution in [0.15, 0.2) is 45.9 Å². The second-order valence-electron chi connectivity index (χ2n) is 3.36. The Morgan fingerprint density at radius 3 is 2.47 bits per heavy atom. The molecule has 0 saturated carbocycles. The molecule has 0 spiro atoms. The van der Waals surface area contributed by atoms with Gasteiger partial charge < -0.3 is 10.2 Å². The molecule has 1 heterocycles. The second kappa shape index (κ2) is 5.33. The first-order chi connectivity index (χ1) is 8.20. The zero-order valence-electron chi connectivity index (χ0n) is 8.90. The number of halogens is 2. The molecular formula is C12H11F2NOS. The van der Waals surface area contributed by atoms with Gasteiger partial charge in [-0.2, -0.15) is 8.78 Å². The van der Waals surface area contributed by atoms with Crippen molar-refractivity contribution in [2.45, 2.75) is 17.2 Å². The maximum absolute atomic E-state index is 12.1. The molecule has 0 aliphatic rings. The number of nitrogens with two attached hydrogens (primary N) is 1. The highest BCUT2D eigenvalue weighted by Crippen LogP contribution is 2.29. The normalized spacial score (nSPS) is 11.1. The van der Waals surface area contributed by atoms with E-state index in [2.05, 4.69) is 0 Å². The van der Waals surface area contributed by atoms with Gasteiger partial charge >= 0.3 is 0 Å². The molecule has 17 heavy (non-hydrogen) atoms. The summed E-state index contributed by atoms with van der Waals surface area (Å²) in [4.78, 5) is 0.543. The van der Waals surface area contributed by atoms with E-state index in [4.69, 9.17) is 10.2 Å².